The van der Waals surface area contributed by atoms with E-state index in [9.17, 15) is 4.79 Å². The first-order valence-electron chi connectivity index (χ1n) is 4.87. The van der Waals surface area contributed by atoms with Crippen LogP contribution in [-0.4, -0.2) is 22.6 Å². The summed E-state index contributed by atoms with van der Waals surface area (Å²) in [5.74, 6) is 0. The molecule has 1 aromatic heterocycles. The molecule has 1 aliphatic heterocycles. The Kier molecular flexibility index (Phi) is 1.87. The minimum absolute atomic E-state index is 0.0791. The van der Waals surface area contributed by atoms with Crippen LogP contribution in [0.25, 0.3) is 11.0 Å². The van der Waals surface area contributed by atoms with Crippen molar-refractivity contribution >= 4 is 22.6 Å². The lowest BCUT2D eigenvalue weighted by Gasteiger charge is -2.28. The molecule has 78 valence electrons. The van der Waals surface area contributed by atoms with Gasteiger partial charge in [0.25, 0.3) is 0 Å². The maximum absolute atomic E-state index is 11.7. The fourth-order valence-electron chi connectivity index (χ4n) is 1.94. The van der Waals surface area contributed by atoms with Crippen LogP contribution in [0.1, 0.15) is 6.04 Å². The van der Waals surface area contributed by atoms with Gasteiger partial charge in [-0.2, -0.15) is 0 Å². The number of benzene rings is 1. The lowest BCUT2D eigenvalue weighted by Crippen LogP contribution is -2.46. The van der Waals surface area contributed by atoms with Crippen LogP contribution in [0.2, 0.25) is 5.02 Å². The Morgan fingerprint density at radius 1 is 1.40 bits per heavy atom. The van der Waals surface area contributed by atoms with E-state index >= 15 is 0 Å². The number of hydrogen-bond donors (Lipinski definition) is 2. The van der Waals surface area contributed by atoms with Gasteiger partial charge in [-0.05, 0) is 12.1 Å². The molecule has 0 aliphatic carbocycles. The molecule has 15 heavy (non-hydrogen) atoms. The first-order chi connectivity index (χ1) is 7.27. The quantitative estimate of drug-likeness (QED) is 0.762. The summed E-state index contributed by atoms with van der Waals surface area (Å²) < 4.78 is 1.74. The molecule has 0 spiro atoms. The maximum atomic E-state index is 11.7. The number of nitrogens with zero attached hydrogens (tertiary/aromatic N) is 1. The second-order valence-electron chi connectivity index (χ2n) is 3.75. The standard InChI is InChI=1S/C10H10ClN3O/c11-7-2-1-3-8-9(7)14(10(15)13-8)6-4-12-5-6/h1-3,6,12H,4-5H2,(H,13,15). The smallest absolute Gasteiger partial charge is 0.313 e. The van der Waals surface area contributed by atoms with E-state index in [1.165, 1.54) is 0 Å². The van der Waals surface area contributed by atoms with E-state index < -0.39 is 0 Å². The minimum Gasteiger partial charge on any atom is -0.313 e. The van der Waals surface area contributed by atoms with Gasteiger partial charge in [-0.1, -0.05) is 17.7 Å². The molecule has 1 fully saturated rings. The highest BCUT2D eigenvalue weighted by Crippen LogP contribution is 2.24. The van der Waals surface area contributed by atoms with Gasteiger partial charge in [-0.15, -0.1) is 0 Å². The van der Waals surface area contributed by atoms with Crippen LogP contribution in [-0.2, 0) is 0 Å². The second-order valence-corrected chi connectivity index (χ2v) is 4.16. The SMILES string of the molecule is O=c1[nH]c2cccc(Cl)c2n1C1CNC1. The van der Waals surface area contributed by atoms with E-state index in [2.05, 4.69) is 10.3 Å². The summed E-state index contributed by atoms with van der Waals surface area (Å²) in [7, 11) is 0. The Labute approximate surface area is 90.9 Å². The molecule has 1 aliphatic rings. The molecule has 2 N–H and O–H groups in total. The molecule has 1 saturated heterocycles. The van der Waals surface area contributed by atoms with Gasteiger partial charge < -0.3 is 10.3 Å². The predicted molar refractivity (Wildman–Crippen MR) is 59.5 cm³/mol. The van der Waals surface area contributed by atoms with Gasteiger partial charge in [-0.3, -0.25) is 4.57 Å². The first-order valence-corrected chi connectivity index (χ1v) is 5.24. The molecule has 0 radical (unpaired) electrons. The normalized spacial score (nSPS) is 16.9. The molecule has 4 nitrogen and oxygen atoms in total. The molecular formula is C10H10ClN3O. The highest BCUT2D eigenvalue weighted by molar-refractivity contribution is 6.34. The van der Waals surface area contributed by atoms with Gasteiger partial charge >= 0.3 is 5.69 Å². The summed E-state index contributed by atoms with van der Waals surface area (Å²) in [5.41, 5.74) is 1.54. The van der Waals surface area contributed by atoms with Gasteiger partial charge in [0.05, 0.1) is 22.1 Å². The Morgan fingerprint density at radius 3 is 2.87 bits per heavy atom. The van der Waals surface area contributed by atoms with Crippen LogP contribution in [0.3, 0.4) is 0 Å². The molecule has 2 aromatic rings. The molecule has 0 bridgehead atoms. The number of H-pyrrole nitrogens is 1. The van der Waals surface area contributed by atoms with Crippen molar-refractivity contribution in [3.05, 3.63) is 33.7 Å². The Morgan fingerprint density at radius 2 is 2.20 bits per heavy atom. The fourth-order valence-corrected chi connectivity index (χ4v) is 2.21. The van der Waals surface area contributed by atoms with Crippen LogP contribution in [0.5, 0.6) is 0 Å². The van der Waals surface area contributed by atoms with Crippen LogP contribution in [0, 0.1) is 0 Å². The van der Waals surface area contributed by atoms with E-state index in [1.54, 1.807) is 10.6 Å². The lowest BCUT2D eigenvalue weighted by atomic mass is 10.1. The molecule has 0 saturated carbocycles. The molecular weight excluding hydrogens is 214 g/mol. The zero-order valence-electron chi connectivity index (χ0n) is 7.96. The molecule has 0 amide bonds. The van der Waals surface area contributed by atoms with Gasteiger partial charge in [0.1, 0.15) is 0 Å². The van der Waals surface area contributed by atoms with Gasteiger partial charge in [0, 0.05) is 13.1 Å². The number of fused-ring (bicyclic) bond motifs is 1. The zero-order chi connectivity index (χ0) is 10.4. The number of nitrogens with one attached hydrogen (secondary N) is 2. The van der Waals surface area contributed by atoms with E-state index in [4.69, 9.17) is 11.6 Å². The monoisotopic (exact) mass is 223 g/mol. The fraction of sp³-hybridized carbons (Fsp3) is 0.300. The molecule has 5 heteroatoms. The average Bonchev–Trinajstić information content (AvgIpc) is 2.42. The Bertz CT molecular complexity index is 568. The maximum Gasteiger partial charge on any atom is 0.326 e. The number of imidazole rings is 1. The predicted octanol–water partition coefficient (Wildman–Crippen LogP) is 1.13. The summed E-state index contributed by atoms with van der Waals surface area (Å²) >= 11 is 6.10. The van der Waals surface area contributed by atoms with Crippen molar-refractivity contribution in [2.45, 2.75) is 6.04 Å². The first kappa shape index (κ1) is 9.00. The van der Waals surface area contributed by atoms with Crippen molar-refractivity contribution in [2.75, 3.05) is 13.1 Å². The van der Waals surface area contributed by atoms with Crippen molar-refractivity contribution in [1.82, 2.24) is 14.9 Å². The van der Waals surface area contributed by atoms with Crippen LogP contribution >= 0.6 is 11.6 Å². The van der Waals surface area contributed by atoms with Crippen molar-refractivity contribution in [3.8, 4) is 0 Å². The third-order valence-electron chi connectivity index (χ3n) is 2.81. The van der Waals surface area contributed by atoms with E-state index in [1.807, 2.05) is 12.1 Å². The van der Waals surface area contributed by atoms with E-state index in [0.29, 0.717) is 5.02 Å². The van der Waals surface area contributed by atoms with E-state index in [-0.39, 0.29) is 11.7 Å². The average molecular weight is 224 g/mol. The number of rotatable bonds is 1. The van der Waals surface area contributed by atoms with Crippen LogP contribution < -0.4 is 11.0 Å². The largest absolute Gasteiger partial charge is 0.326 e. The molecule has 0 atom stereocenters. The summed E-state index contributed by atoms with van der Waals surface area (Å²) in [4.78, 5) is 14.6. The highest BCUT2D eigenvalue weighted by Gasteiger charge is 2.23. The summed E-state index contributed by atoms with van der Waals surface area (Å²) in [6.07, 6.45) is 0. The molecule has 1 aromatic carbocycles. The van der Waals surface area contributed by atoms with Crippen molar-refractivity contribution < 1.29 is 0 Å². The van der Waals surface area contributed by atoms with Crippen LogP contribution in [0.4, 0.5) is 0 Å². The molecule has 0 unspecified atom stereocenters. The third-order valence-corrected chi connectivity index (χ3v) is 3.12. The van der Waals surface area contributed by atoms with Crippen molar-refractivity contribution in [3.63, 3.8) is 0 Å². The zero-order valence-corrected chi connectivity index (χ0v) is 8.71. The van der Waals surface area contributed by atoms with Gasteiger partial charge in [0.2, 0.25) is 0 Å². The van der Waals surface area contributed by atoms with Crippen molar-refractivity contribution in [2.24, 2.45) is 0 Å². The van der Waals surface area contributed by atoms with Crippen molar-refractivity contribution in [1.29, 1.82) is 0 Å². The van der Waals surface area contributed by atoms with Gasteiger partial charge in [-0.25, -0.2) is 4.79 Å². The van der Waals surface area contributed by atoms with Crippen LogP contribution in [0.15, 0.2) is 23.0 Å². The summed E-state index contributed by atoms with van der Waals surface area (Å²) in [6, 6.07) is 5.74. The number of aromatic nitrogens is 2. The molecule has 3 rings (SSSR count). The number of para-hydroxylation sites is 1. The summed E-state index contributed by atoms with van der Waals surface area (Å²) in [5, 5.41) is 3.77. The third kappa shape index (κ3) is 1.22. The lowest BCUT2D eigenvalue weighted by molar-refractivity contribution is 0.344. The summed E-state index contributed by atoms with van der Waals surface area (Å²) in [6.45, 7) is 1.66. The number of halogens is 1. The minimum atomic E-state index is -0.0791. The number of aromatic amines is 1. The molecule has 2 heterocycles. The van der Waals surface area contributed by atoms with Gasteiger partial charge in [0.15, 0.2) is 0 Å². The Hall–Kier alpha value is -1.26. The van der Waals surface area contributed by atoms with E-state index in [0.717, 1.165) is 24.1 Å². The Balaban J connectivity index is 2.35. The topological polar surface area (TPSA) is 49.8 Å². The second kappa shape index (κ2) is 3.12. The highest BCUT2D eigenvalue weighted by atomic mass is 35.5. The number of hydrogen-bond acceptors (Lipinski definition) is 2.